The van der Waals surface area contributed by atoms with Crippen LogP contribution in [0.25, 0.3) is 0 Å². The Kier molecular flexibility index (Phi) is 5.48. The fraction of sp³-hybridized carbons (Fsp3) is 0.0556. The number of amides is 1. The lowest BCUT2D eigenvalue weighted by Gasteiger charge is -2.09. The van der Waals surface area contributed by atoms with Gasteiger partial charge in [-0.3, -0.25) is 9.78 Å². The molecule has 0 spiro atoms. The lowest BCUT2D eigenvalue weighted by atomic mass is 10.2. The molecule has 0 aliphatic carbocycles. The minimum Gasteiger partial charge on any atom is -0.378 e. The highest BCUT2D eigenvalue weighted by Crippen LogP contribution is 2.25. The molecule has 3 rings (SSSR count). The van der Waals surface area contributed by atoms with Gasteiger partial charge in [0.2, 0.25) is 0 Å². The number of anilines is 2. The summed E-state index contributed by atoms with van der Waals surface area (Å²) in [5.41, 5.74) is 2.43. The molecule has 0 unspecified atom stereocenters. The Balaban J connectivity index is 1.63. The molecule has 0 aliphatic heterocycles. The Bertz CT molecular complexity index is 870. The number of pyridine rings is 2. The van der Waals surface area contributed by atoms with Gasteiger partial charge in [0.1, 0.15) is 5.69 Å². The number of halogens is 2. The maximum atomic E-state index is 12.3. The van der Waals surface area contributed by atoms with Crippen LogP contribution in [0.3, 0.4) is 0 Å². The third-order valence-corrected chi connectivity index (χ3v) is 3.94. The molecule has 2 N–H and O–H groups in total. The summed E-state index contributed by atoms with van der Waals surface area (Å²) in [6.07, 6.45) is 3.33. The molecule has 25 heavy (non-hydrogen) atoms. The van der Waals surface area contributed by atoms with Crippen LogP contribution in [0.4, 0.5) is 11.4 Å². The molecule has 0 bridgehead atoms. The Morgan fingerprint density at radius 2 is 1.92 bits per heavy atom. The van der Waals surface area contributed by atoms with Gasteiger partial charge in [-0.15, -0.1) is 0 Å². The molecule has 7 heteroatoms. The van der Waals surface area contributed by atoms with Crippen LogP contribution in [0.1, 0.15) is 16.2 Å². The first-order chi connectivity index (χ1) is 12.1. The summed E-state index contributed by atoms with van der Waals surface area (Å²) >= 11 is 12.0. The molecule has 3 aromatic rings. The second kappa shape index (κ2) is 7.96. The first-order valence-corrected chi connectivity index (χ1v) is 8.23. The summed E-state index contributed by atoms with van der Waals surface area (Å²) in [6, 6.07) is 14.0. The lowest BCUT2D eigenvalue weighted by Crippen LogP contribution is -2.14. The Morgan fingerprint density at radius 3 is 2.64 bits per heavy atom. The third kappa shape index (κ3) is 4.68. The average Bonchev–Trinajstić information content (AvgIpc) is 2.64. The zero-order valence-corrected chi connectivity index (χ0v) is 14.6. The van der Waals surface area contributed by atoms with Crippen LogP contribution in [0, 0.1) is 0 Å². The van der Waals surface area contributed by atoms with Crippen LogP contribution < -0.4 is 10.6 Å². The van der Waals surface area contributed by atoms with Crippen molar-refractivity contribution in [2.75, 3.05) is 10.6 Å². The van der Waals surface area contributed by atoms with E-state index < -0.39 is 0 Å². The number of hydrogen-bond acceptors (Lipinski definition) is 4. The number of nitrogens with zero attached hydrogens (tertiary/aromatic N) is 2. The van der Waals surface area contributed by atoms with Crippen molar-refractivity contribution in [3.05, 3.63) is 82.4 Å². The minimum absolute atomic E-state index is 0.277. The third-order valence-electron chi connectivity index (χ3n) is 3.37. The van der Waals surface area contributed by atoms with Crippen molar-refractivity contribution >= 4 is 40.5 Å². The quantitative estimate of drug-likeness (QED) is 0.683. The molecular formula is C18H14Cl2N4O. The molecule has 0 atom stereocenters. The van der Waals surface area contributed by atoms with Gasteiger partial charge in [-0.2, -0.15) is 0 Å². The zero-order chi connectivity index (χ0) is 17.6. The maximum Gasteiger partial charge on any atom is 0.274 e. The van der Waals surface area contributed by atoms with Gasteiger partial charge in [-0.05, 0) is 42.5 Å². The predicted molar refractivity (Wildman–Crippen MR) is 100 cm³/mol. The first-order valence-electron chi connectivity index (χ1n) is 7.48. The van der Waals surface area contributed by atoms with Gasteiger partial charge in [0.05, 0.1) is 34.8 Å². The van der Waals surface area contributed by atoms with Crippen molar-refractivity contribution in [1.29, 1.82) is 0 Å². The van der Waals surface area contributed by atoms with E-state index in [0.717, 1.165) is 11.4 Å². The Hall–Kier alpha value is -2.63. The van der Waals surface area contributed by atoms with Gasteiger partial charge >= 0.3 is 0 Å². The van der Waals surface area contributed by atoms with Crippen molar-refractivity contribution in [3.8, 4) is 0 Å². The van der Waals surface area contributed by atoms with Crippen LogP contribution in [0.2, 0.25) is 10.0 Å². The summed E-state index contributed by atoms with van der Waals surface area (Å²) in [7, 11) is 0. The number of nitrogens with one attached hydrogen (secondary N) is 2. The van der Waals surface area contributed by atoms with E-state index in [9.17, 15) is 4.79 Å². The molecular weight excluding hydrogens is 359 g/mol. The number of rotatable bonds is 5. The average molecular weight is 373 g/mol. The first kappa shape index (κ1) is 17.2. The zero-order valence-electron chi connectivity index (χ0n) is 13.0. The van der Waals surface area contributed by atoms with Crippen molar-refractivity contribution in [3.63, 3.8) is 0 Å². The summed E-state index contributed by atoms with van der Waals surface area (Å²) in [4.78, 5) is 20.7. The molecule has 1 amide bonds. The fourth-order valence-corrected chi connectivity index (χ4v) is 2.44. The summed E-state index contributed by atoms with van der Waals surface area (Å²) in [5.74, 6) is -0.361. The lowest BCUT2D eigenvalue weighted by molar-refractivity contribution is 0.102. The van der Waals surface area contributed by atoms with E-state index in [1.165, 1.54) is 0 Å². The van der Waals surface area contributed by atoms with Crippen LogP contribution >= 0.6 is 23.2 Å². The van der Waals surface area contributed by atoms with Crippen molar-refractivity contribution in [2.24, 2.45) is 0 Å². The van der Waals surface area contributed by atoms with Gasteiger partial charge in [0, 0.05) is 11.2 Å². The van der Waals surface area contributed by atoms with Crippen molar-refractivity contribution < 1.29 is 4.79 Å². The highest BCUT2D eigenvalue weighted by atomic mass is 35.5. The van der Waals surface area contributed by atoms with Gasteiger partial charge < -0.3 is 10.6 Å². The normalized spacial score (nSPS) is 10.3. The maximum absolute atomic E-state index is 12.3. The molecule has 5 nitrogen and oxygen atoms in total. The van der Waals surface area contributed by atoms with Crippen LogP contribution in [-0.4, -0.2) is 15.9 Å². The van der Waals surface area contributed by atoms with Gasteiger partial charge in [-0.1, -0.05) is 29.3 Å². The number of carbonyl (C=O) groups is 1. The molecule has 2 aromatic heterocycles. The summed E-state index contributed by atoms with van der Waals surface area (Å²) in [6.45, 7) is 0.576. The minimum atomic E-state index is -0.361. The number of hydrogen-bond donors (Lipinski definition) is 2. The largest absolute Gasteiger partial charge is 0.378 e. The number of carbonyl (C=O) groups excluding carboxylic acids is 1. The second-order valence-corrected chi connectivity index (χ2v) is 6.03. The smallest absolute Gasteiger partial charge is 0.274 e. The monoisotopic (exact) mass is 372 g/mol. The molecule has 0 fully saturated rings. The van der Waals surface area contributed by atoms with E-state index in [1.54, 1.807) is 42.7 Å². The second-order valence-electron chi connectivity index (χ2n) is 5.19. The van der Waals surface area contributed by atoms with Gasteiger partial charge in [0.25, 0.3) is 5.91 Å². The molecule has 0 aliphatic rings. The molecule has 0 saturated heterocycles. The van der Waals surface area contributed by atoms with E-state index in [1.807, 2.05) is 18.2 Å². The molecule has 1 aromatic carbocycles. The van der Waals surface area contributed by atoms with E-state index in [2.05, 4.69) is 20.6 Å². The fourth-order valence-electron chi connectivity index (χ4n) is 2.11. The highest BCUT2D eigenvalue weighted by molar-refractivity contribution is 6.35. The van der Waals surface area contributed by atoms with Crippen LogP contribution in [0.15, 0.2) is 60.9 Å². The van der Waals surface area contributed by atoms with Crippen LogP contribution in [-0.2, 0) is 6.54 Å². The molecule has 126 valence electrons. The van der Waals surface area contributed by atoms with Crippen LogP contribution in [0.5, 0.6) is 0 Å². The molecule has 0 saturated carbocycles. The van der Waals surface area contributed by atoms with Gasteiger partial charge in [0.15, 0.2) is 0 Å². The topological polar surface area (TPSA) is 66.9 Å². The van der Waals surface area contributed by atoms with E-state index in [-0.39, 0.29) is 11.6 Å². The summed E-state index contributed by atoms with van der Waals surface area (Å²) in [5, 5.41) is 6.79. The molecule has 2 heterocycles. The molecule has 0 radical (unpaired) electrons. The highest BCUT2D eigenvalue weighted by Gasteiger charge is 2.10. The van der Waals surface area contributed by atoms with Gasteiger partial charge in [-0.25, -0.2) is 4.98 Å². The van der Waals surface area contributed by atoms with E-state index >= 15 is 0 Å². The Labute approximate surface area is 155 Å². The Morgan fingerprint density at radius 1 is 1.04 bits per heavy atom. The van der Waals surface area contributed by atoms with E-state index in [4.69, 9.17) is 23.2 Å². The number of aromatic nitrogens is 2. The van der Waals surface area contributed by atoms with E-state index in [0.29, 0.717) is 22.3 Å². The standard InChI is InChI=1S/C18H14Cl2N4O/c19-12-4-6-15(20)17(9-12)24-18(25)16-7-5-14(11-23-16)22-10-13-3-1-2-8-21-13/h1-9,11,22H,10H2,(H,24,25). The SMILES string of the molecule is O=C(Nc1cc(Cl)ccc1Cl)c1ccc(NCc2ccccn2)cn1. The van der Waals surface area contributed by atoms with Crippen molar-refractivity contribution in [1.82, 2.24) is 9.97 Å². The number of benzene rings is 1. The predicted octanol–water partition coefficient (Wildman–Crippen LogP) is 4.65. The summed E-state index contributed by atoms with van der Waals surface area (Å²) < 4.78 is 0. The van der Waals surface area contributed by atoms with Crippen molar-refractivity contribution in [2.45, 2.75) is 6.54 Å².